The van der Waals surface area contributed by atoms with Gasteiger partial charge < -0.3 is 28.6 Å². The number of carbonyl (C=O) groups excluding carboxylic acids is 6. The number of aldehydes is 3. The quantitative estimate of drug-likeness (QED) is 0.145. The highest BCUT2D eigenvalue weighted by atomic mass is 79.9. The molecule has 9 aliphatic rings. The van der Waals surface area contributed by atoms with Crippen LogP contribution in [-0.4, -0.2) is 55.1 Å². The second-order valence-electron chi connectivity index (χ2n) is 25.1. The second-order valence-corrected chi connectivity index (χ2v) is 27.6. The molecule has 0 aromatic carbocycles. The first-order valence-electron chi connectivity index (χ1n) is 26.1. The van der Waals surface area contributed by atoms with Gasteiger partial charge in [0.05, 0.1) is 16.2 Å². The van der Waals surface area contributed by atoms with Crippen LogP contribution in [0.5, 0.6) is 0 Å². The Morgan fingerprint density at radius 3 is 0.870 bits per heavy atom. The number of fused-ring (bicyclic) bond motifs is 9. The fourth-order valence-corrected chi connectivity index (χ4v) is 21.0. The van der Waals surface area contributed by atoms with Gasteiger partial charge in [-0.1, -0.05) is 108 Å². The zero-order valence-electron chi connectivity index (χ0n) is 43.6. The molecule has 0 aromatic rings. The third kappa shape index (κ3) is 8.01. The summed E-state index contributed by atoms with van der Waals surface area (Å²) in [7, 11) is 0. The van der Waals surface area contributed by atoms with E-state index in [0.29, 0.717) is 17.8 Å². The molecule has 0 heterocycles. The van der Waals surface area contributed by atoms with E-state index in [1.54, 1.807) is 0 Å². The van der Waals surface area contributed by atoms with Crippen LogP contribution in [0.15, 0.2) is 31.7 Å². The lowest BCUT2D eigenvalue weighted by molar-refractivity contribution is -0.192. The zero-order valence-corrected chi connectivity index (χ0v) is 48.3. The molecule has 0 amide bonds. The van der Waals surface area contributed by atoms with Crippen molar-refractivity contribution in [3.63, 3.8) is 0 Å². The van der Waals surface area contributed by atoms with Crippen LogP contribution in [0.3, 0.4) is 0 Å². The summed E-state index contributed by atoms with van der Waals surface area (Å²) in [5.74, 6) is 1.83. The first-order chi connectivity index (χ1) is 32.1. The molecule has 18 atom stereocenters. The van der Waals surface area contributed by atoms with Crippen molar-refractivity contribution >= 4 is 84.6 Å². The first-order valence-corrected chi connectivity index (χ1v) is 28.5. The minimum absolute atomic E-state index is 0.0497. The molecular weight excluding hydrogens is 1070 g/mol. The summed E-state index contributed by atoms with van der Waals surface area (Å²) in [4.78, 5) is 70.9. The van der Waals surface area contributed by atoms with Gasteiger partial charge in [-0.2, -0.15) is 0 Å². The molecule has 0 radical (unpaired) electrons. The van der Waals surface area contributed by atoms with E-state index in [0.717, 1.165) is 115 Å². The first kappa shape index (κ1) is 54.8. The Hall–Kier alpha value is -1.92. The summed E-state index contributed by atoms with van der Waals surface area (Å²) in [5, 5.41) is 0. The standard InChI is InChI=1S/3C19H27BrO3/c3*1-12(22)23-16-9-10-18(3)14(17(16,2)11-21)7-5-13-6-8-15(20)19(13,18)4/h3*8,11,13-14,16H,5-7,9-10H2,1-4H3/t3*13-,14-,16-,17-,18-,19+/m000/s1. The van der Waals surface area contributed by atoms with E-state index in [1.807, 2.05) is 20.8 Å². The van der Waals surface area contributed by atoms with Gasteiger partial charge >= 0.3 is 17.9 Å². The Morgan fingerprint density at radius 1 is 0.435 bits per heavy atom. The van der Waals surface area contributed by atoms with Crippen LogP contribution in [0, 0.1) is 84.2 Å². The largest absolute Gasteiger partial charge is 0.462 e. The van der Waals surface area contributed by atoms with Crippen molar-refractivity contribution in [1.29, 1.82) is 0 Å². The highest BCUT2D eigenvalue weighted by Gasteiger charge is 2.69. The molecule has 69 heavy (non-hydrogen) atoms. The molecular formula is C57H81Br3O9. The molecule has 0 aromatic heterocycles. The van der Waals surface area contributed by atoms with E-state index in [2.05, 4.69) is 108 Å². The van der Waals surface area contributed by atoms with E-state index in [4.69, 9.17) is 14.2 Å². The molecule has 0 N–H and O–H groups in total. The highest BCUT2D eigenvalue weighted by molar-refractivity contribution is 9.12. The number of ether oxygens (including phenoxy) is 3. The van der Waals surface area contributed by atoms with Gasteiger partial charge in [-0.15, -0.1) is 0 Å². The zero-order chi connectivity index (χ0) is 51.1. The Morgan fingerprint density at radius 2 is 0.667 bits per heavy atom. The van der Waals surface area contributed by atoms with Crippen molar-refractivity contribution in [2.24, 2.45) is 84.2 Å². The number of allylic oxidation sites excluding steroid dienone is 6. The lowest BCUT2D eigenvalue weighted by Crippen LogP contribution is -2.61. The molecule has 9 aliphatic carbocycles. The second kappa shape index (κ2) is 19.1. The van der Waals surface area contributed by atoms with Crippen molar-refractivity contribution in [2.45, 2.75) is 198 Å². The van der Waals surface area contributed by atoms with Gasteiger partial charge in [0, 0.05) is 37.0 Å². The van der Waals surface area contributed by atoms with E-state index >= 15 is 0 Å². The molecule has 6 saturated carbocycles. The average molecular weight is 1150 g/mol. The topological polar surface area (TPSA) is 130 Å². The highest BCUT2D eigenvalue weighted by Crippen LogP contribution is 2.74. The van der Waals surface area contributed by atoms with Gasteiger partial charge in [0.25, 0.3) is 0 Å². The summed E-state index contributed by atoms with van der Waals surface area (Å²) in [6.45, 7) is 24.5. The molecule has 0 bridgehead atoms. The van der Waals surface area contributed by atoms with Crippen molar-refractivity contribution in [3.05, 3.63) is 31.7 Å². The summed E-state index contributed by atoms with van der Waals surface area (Å²) < 4.78 is 20.6. The van der Waals surface area contributed by atoms with E-state index < -0.39 is 16.2 Å². The van der Waals surface area contributed by atoms with Crippen LogP contribution in [-0.2, 0) is 43.0 Å². The van der Waals surface area contributed by atoms with Crippen LogP contribution in [0.25, 0.3) is 0 Å². The van der Waals surface area contributed by atoms with Crippen LogP contribution in [0.4, 0.5) is 0 Å². The Kier molecular flexibility index (Phi) is 15.2. The predicted molar refractivity (Wildman–Crippen MR) is 279 cm³/mol. The van der Waals surface area contributed by atoms with Gasteiger partial charge in [0.15, 0.2) is 0 Å². The molecule has 0 saturated heterocycles. The molecule has 6 fully saturated rings. The number of esters is 3. The lowest BCUT2D eigenvalue weighted by Gasteiger charge is -2.64. The van der Waals surface area contributed by atoms with Crippen molar-refractivity contribution in [2.75, 3.05) is 0 Å². The van der Waals surface area contributed by atoms with Gasteiger partial charge in [-0.3, -0.25) is 14.4 Å². The van der Waals surface area contributed by atoms with E-state index in [1.165, 1.54) is 34.2 Å². The van der Waals surface area contributed by atoms with Crippen molar-refractivity contribution in [3.8, 4) is 0 Å². The maximum Gasteiger partial charge on any atom is 0.302 e. The number of carbonyl (C=O) groups is 6. The predicted octanol–water partition coefficient (Wildman–Crippen LogP) is 13.9. The normalized spacial score (nSPS) is 48.9. The molecule has 0 aliphatic heterocycles. The smallest absolute Gasteiger partial charge is 0.302 e. The van der Waals surface area contributed by atoms with E-state index in [9.17, 15) is 28.8 Å². The Bertz CT molecular complexity index is 1950. The van der Waals surface area contributed by atoms with Crippen molar-refractivity contribution in [1.82, 2.24) is 0 Å². The summed E-state index contributed by atoms with van der Waals surface area (Å²) in [6.07, 6.45) is 24.5. The van der Waals surface area contributed by atoms with Crippen LogP contribution in [0.1, 0.15) is 179 Å². The van der Waals surface area contributed by atoms with Crippen molar-refractivity contribution < 1.29 is 43.0 Å². The SMILES string of the molecule is CC(=O)O[C@H]1CC[C@@]2(C)[C@@H](CC[C@H]3CC=C(Br)[C@@]32C)[C@]1(C)C=O.CC(=O)O[C@H]1CC[C@@]2(C)[C@@H](CC[C@H]3CC=C(Br)[C@@]32C)[C@]1(C)C=O.CC(=O)O[C@H]1CC[C@@]2(C)[C@@H](CC[C@H]3CC=C(Br)[C@@]32C)[C@]1(C)C=O. The number of hydrogen-bond acceptors (Lipinski definition) is 9. The maximum atomic E-state index is 12.1. The van der Waals surface area contributed by atoms with Gasteiger partial charge in [0.1, 0.15) is 37.2 Å². The van der Waals surface area contributed by atoms with E-state index in [-0.39, 0.29) is 86.5 Å². The molecule has 384 valence electrons. The minimum atomic E-state index is -0.595. The summed E-state index contributed by atoms with van der Waals surface area (Å²) in [5.41, 5.74) is -1.38. The maximum absolute atomic E-state index is 12.1. The van der Waals surface area contributed by atoms with Crippen LogP contribution < -0.4 is 0 Å². The molecule has 0 unspecified atom stereocenters. The van der Waals surface area contributed by atoms with Gasteiger partial charge in [-0.25, -0.2) is 0 Å². The number of rotatable bonds is 6. The third-order valence-electron chi connectivity index (χ3n) is 22.8. The third-order valence-corrected chi connectivity index (χ3v) is 26.2. The monoisotopic (exact) mass is 1150 g/mol. The molecule has 12 heteroatoms. The molecule has 9 rings (SSSR count). The number of hydrogen-bond donors (Lipinski definition) is 0. The van der Waals surface area contributed by atoms with Crippen LogP contribution >= 0.6 is 47.8 Å². The average Bonchev–Trinajstić information content (AvgIpc) is 3.90. The fourth-order valence-electron chi connectivity index (χ4n) is 18.1. The van der Waals surface area contributed by atoms with Crippen LogP contribution in [0.2, 0.25) is 0 Å². The minimum Gasteiger partial charge on any atom is -0.462 e. The Labute approximate surface area is 438 Å². The number of halogens is 3. The summed E-state index contributed by atoms with van der Waals surface area (Å²) >= 11 is 11.5. The molecule has 0 spiro atoms. The van der Waals surface area contributed by atoms with Gasteiger partial charge in [-0.05, 0) is 182 Å². The molecule has 9 nitrogen and oxygen atoms in total. The lowest BCUT2D eigenvalue weighted by atomic mass is 9.41. The summed E-state index contributed by atoms with van der Waals surface area (Å²) in [6, 6.07) is 0. The van der Waals surface area contributed by atoms with Gasteiger partial charge in [0.2, 0.25) is 0 Å². The fraction of sp³-hybridized carbons (Fsp3) is 0.789. The Balaban J connectivity index is 0.000000153.